The zero-order valence-electron chi connectivity index (χ0n) is 10.8. The second-order valence-corrected chi connectivity index (χ2v) is 4.89. The number of rotatable bonds is 6. The predicted molar refractivity (Wildman–Crippen MR) is 72.0 cm³/mol. The van der Waals surface area contributed by atoms with Crippen LogP contribution in [0.3, 0.4) is 0 Å². The number of nitro groups is 1. The first kappa shape index (κ1) is 13.3. The van der Waals surface area contributed by atoms with Gasteiger partial charge in [0.1, 0.15) is 5.69 Å². The normalized spacial score (nSPS) is 20.9. The van der Waals surface area contributed by atoms with Crippen molar-refractivity contribution >= 4 is 17.3 Å². The molecule has 6 nitrogen and oxygen atoms in total. The highest BCUT2D eigenvalue weighted by Crippen LogP contribution is 2.39. The summed E-state index contributed by atoms with van der Waals surface area (Å²) >= 11 is 0. The summed E-state index contributed by atoms with van der Waals surface area (Å²) in [7, 11) is 0. The molecule has 0 bridgehead atoms. The Bertz CT molecular complexity index is 516. The Hall–Kier alpha value is -2.11. The lowest BCUT2D eigenvalue weighted by Gasteiger charge is -2.07. The fourth-order valence-electron chi connectivity index (χ4n) is 2.27. The molecule has 19 heavy (non-hydrogen) atoms. The number of nitro benzene ring substituents is 1. The van der Waals surface area contributed by atoms with E-state index in [0.717, 1.165) is 19.3 Å². The van der Waals surface area contributed by atoms with Crippen molar-refractivity contribution in [1.82, 2.24) is 0 Å². The van der Waals surface area contributed by atoms with E-state index in [4.69, 9.17) is 5.73 Å². The molecule has 0 heterocycles. The van der Waals surface area contributed by atoms with Crippen LogP contribution in [0.25, 0.3) is 0 Å². The molecule has 1 aliphatic rings. The molecule has 3 N–H and O–H groups in total. The Morgan fingerprint density at radius 1 is 1.58 bits per heavy atom. The third-order valence-corrected chi connectivity index (χ3v) is 3.40. The Balaban J connectivity index is 2.16. The van der Waals surface area contributed by atoms with Crippen LogP contribution < -0.4 is 11.1 Å². The van der Waals surface area contributed by atoms with Gasteiger partial charge in [-0.25, -0.2) is 0 Å². The summed E-state index contributed by atoms with van der Waals surface area (Å²) in [6, 6.07) is 4.59. The van der Waals surface area contributed by atoms with Gasteiger partial charge in [-0.1, -0.05) is 13.3 Å². The van der Waals surface area contributed by atoms with Crippen molar-refractivity contribution < 1.29 is 9.72 Å². The number of anilines is 1. The maximum Gasteiger partial charge on any atom is 0.293 e. The Labute approximate surface area is 111 Å². The number of nitrogens with two attached hydrogens (primary N) is 1. The molecule has 0 aromatic heterocycles. The van der Waals surface area contributed by atoms with Crippen molar-refractivity contribution in [3.8, 4) is 0 Å². The second-order valence-electron chi connectivity index (χ2n) is 4.89. The van der Waals surface area contributed by atoms with E-state index in [1.54, 1.807) is 6.07 Å². The number of carbonyl (C=O) groups excluding carboxylic acids is 1. The number of nitrogens with one attached hydrogen (secondary N) is 1. The van der Waals surface area contributed by atoms with Gasteiger partial charge in [0.15, 0.2) is 0 Å². The fourth-order valence-corrected chi connectivity index (χ4v) is 2.27. The number of benzene rings is 1. The molecule has 2 atom stereocenters. The fraction of sp³-hybridized carbons (Fsp3) is 0.462. The topological polar surface area (TPSA) is 98.3 Å². The molecule has 2 unspecified atom stereocenters. The molecule has 1 aromatic rings. The van der Waals surface area contributed by atoms with Crippen LogP contribution in [0, 0.1) is 16.0 Å². The maximum atomic E-state index is 11.0. The van der Waals surface area contributed by atoms with Crippen LogP contribution in [-0.4, -0.2) is 16.9 Å². The zero-order chi connectivity index (χ0) is 14.0. The van der Waals surface area contributed by atoms with Gasteiger partial charge in [-0.2, -0.15) is 0 Å². The SMILES string of the molecule is CCCC1CC1Nc1ccc(C(N)=O)cc1[N+](=O)[O-]. The molecule has 0 spiro atoms. The zero-order valence-corrected chi connectivity index (χ0v) is 10.8. The molecule has 6 heteroatoms. The first-order valence-electron chi connectivity index (χ1n) is 6.37. The molecular formula is C13H17N3O3. The molecule has 1 amide bonds. The molecule has 102 valence electrons. The van der Waals surface area contributed by atoms with Gasteiger partial charge in [0.2, 0.25) is 5.91 Å². The number of nitrogens with zero attached hydrogens (tertiary/aromatic N) is 1. The number of hydrogen-bond acceptors (Lipinski definition) is 4. The van der Waals surface area contributed by atoms with Crippen molar-refractivity contribution in [2.24, 2.45) is 11.7 Å². The molecule has 1 fully saturated rings. The van der Waals surface area contributed by atoms with E-state index in [1.165, 1.54) is 12.1 Å². The maximum absolute atomic E-state index is 11.0. The largest absolute Gasteiger partial charge is 0.376 e. The van der Waals surface area contributed by atoms with E-state index >= 15 is 0 Å². The van der Waals surface area contributed by atoms with Crippen LogP contribution in [0.1, 0.15) is 36.5 Å². The van der Waals surface area contributed by atoms with Gasteiger partial charge in [0.25, 0.3) is 5.69 Å². The van der Waals surface area contributed by atoms with E-state index in [-0.39, 0.29) is 11.3 Å². The summed E-state index contributed by atoms with van der Waals surface area (Å²) in [5, 5.41) is 14.2. The number of carbonyl (C=O) groups is 1. The molecule has 0 saturated heterocycles. The highest BCUT2D eigenvalue weighted by Gasteiger charge is 2.37. The van der Waals surface area contributed by atoms with Gasteiger partial charge in [-0.3, -0.25) is 14.9 Å². The monoisotopic (exact) mass is 263 g/mol. The minimum absolute atomic E-state index is 0.0987. The van der Waals surface area contributed by atoms with Crippen LogP contribution >= 0.6 is 0 Å². The third-order valence-electron chi connectivity index (χ3n) is 3.40. The van der Waals surface area contributed by atoms with Crippen LogP contribution in [-0.2, 0) is 0 Å². The van der Waals surface area contributed by atoms with Gasteiger partial charge in [0.05, 0.1) is 4.92 Å². The second kappa shape index (κ2) is 5.26. The van der Waals surface area contributed by atoms with Gasteiger partial charge < -0.3 is 11.1 Å². The van der Waals surface area contributed by atoms with Crippen LogP contribution in [0.5, 0.6) is 0 Å². The number of amides is 1. The van der Waals surface area contributed by atoms with Gasteiger partial charge in [-0.05, 0) is 30.9 Å². The van der Waals surface area contributed by atoms with E-state index < -0.39 is 10.8 Å². The molecular weight excluding hydrogens is 246 g/mol. The van der Waals surface area contributed by atoms with E-state index in [0.29, 0.717) is 17.6 Å². The van der Waals surface area contributed by atoms with Gasteiger partial charge in [0, 0.05) is 17.7 Å². The van der Waals surface area contributed by atoms with Gasteiger partial charge >= 0.3 is 0 Å². The highest BCUT2D eigenvalue weighted by atomic mass is 16.6. The first-order valence-corrected chi connectivity index (χ1v) is 6.37. The van der Waals surface area contributed by atoms with Crippen molar-refractivity contribution in [2.75, 3.05) is 5.32 Å². The summed E-state index contributed by atoms with van der Waals surface area (Å²) in [6.07, 6.45) is 3.29. The summed E-state index contributed by atoms with van der Waals surface area (Å²) in [5.41, 5.74) is 5.64. The highest BCUT2D eigenvalue weighted by molar-refractivity contribution is 5.94. The summed E-state index contributed by atoms with van der Waals surface area (Å²) in [5.74, 6) is -0.0645. The van der Waals surface area contributed by atoms with Crippen LogP contribution in [0.4, 0.5) is 11.4 Å². The Kier molecular flexibility index (Phi) is 3.69. The minimum atomic E-state index is -0.662. The van der Waals surface area contributed by atoms with Crippen LogP contribution in [0.15, 0.2) is 18.2 Å². The minimum Gasteiger partial charge on any atom is -0.376 e. The van der Waals surface area contributed by atoms with E-state index in [1.807, 2.05) is 0 Å². The Morgan fingerprint density at radius 3 is 2.89 bits per heavy atom. The molecule has 0 radical (unpaired) electrons. The standard InChI is InChI=1S/C13H17N3O3/c1-2-3-8-6-11(8)15-10-5-4-9(13(14)17)7-12(10)16(18)19/h4-5,7-8,11,15H,2-3,6H2,1H3,(H2,14,17). The first-order chi connectivity index (χ1) is 9.02. The van der Waals surface area contributed by atoms with E-state index in [9.17, 15) is 14.9 Å². The predicted octanol–water partition coefficient (Wildman–Crippen LogP) is 2.29. The van der Waals surface area contributed by atoms with Crippen molar-refractivity contribution in [1.29, 1.82) is 0 Å². The lowest BCUT2D eigenvalue weighted by atomic mass is 10.1. The summed E-state index contributed by atoms with van der Waals surface area (Å²) in [6.45, 7) is 2.12. The van der Waals surface area contributed by atoms with Crippen LogP contribution in [0.2, 0.25) is 0 Å². The average molecular weight is 263 g/mol. The quantitative estimate of drug-likeness (QED) is 0.607. The average Bonchev–Trinajstić information content (AvgIpc) is 3.07. The molecule has 0 aliphatic heterocycles. The molecule has 1 aliphatic carbocycles. The van der Waals surface area contributed by atoms with Crippen molar-refractivity contribution in [3.05, 3.63) is 33.9 Å². The number of primary amides is 1. The lowest BCUT2D eigenvalue weighted by Crippen LogP contribution is -2.12. The van der Waals surface area contributed by atoms with Crippen molar-refractivity contribution in [2.45, 2.75) is 32.2 Å². The van der Waals surface area contributed by atoms with E-state index in [2.05, 4.69) is 12.2 Å². The lowest BCUT2D eigenvalue weighted by molar-refractivity contribution is -0.384. The molecule has 1 aromatic carbocycles. The third kappa shape index (κ3) is 3.01. The Morgan fingerprint density at radius 2 is 2.32 bits per heavy atom. The van der Waals surface area contributed by atoms with Crippen molar-refractivity contribution in [3.63, 3.8) is 0 Å². The summed E-state index contributed by atoms with van der Waals surface area (Å²) < 4.78 is 0. The van der Waals surface area contributed by atoms with Gasteiger partial charge in [-0.15, -0.1) is 0 Å². The summed E-state index contributed by atoms with van der Waals surface area (Å²) in [4.78, 5) is 21.6. The molecule has 1 saturated carbocycles. The number of hydrogen-bond donors (Lipinski definition) is 2. The molecule has 2 rings (SSSR count). The smallest absolute Gasteiger partial charge is 0.293 e.